The maximum atomic E-state index is 12.9. The minimum absolute atomic E-state index is 0.0115. The molecule has 0 saturated carbocycles. The number of nitrogens with zero attached hydrogens (tertiary/aromatic N) is 1. The van der Waals surface area contributed by atoms with Gasteiger partial charge in [0.1, 0.15) is 18.1 Å². The summed E-state index contributed by atoms with van der Waals surface area (Å²) in [7, 11) is 0. The molecule has 0 radical (unpaired) electrons. The van der Waals surface area contributed by atoms with Crippen LogP contribution in [0.2, 0.25) is 0 Å². The summed E-state index contributed by atoms with van der Waals surface area (Å²) < 4.78 is 11.0. The van der Waals surface area contributed by atoms with Crippen molar-refractivity contribution in [2.45, 2.75) is 82.0 Å². The van der Waals surface area contributed by atoms with Gasteiger partial charge in [0.2, 0.25) is 35.4 Å². The number of rotatable bonds is 28. The Morgan fingerprint density at radius 2 is 1.41 bits per heavy atom. The second kappa shape index (κ2) is 27.4. The molecular formula is C36H62N10O8. The lowest BCUT2D eigenvalue weighted by Gasteiger charge is -2.35. The number of hydrogen-bond donors (Lipinski definition) is 9. The van der Waals surface area contributed by atoms with Crippen molar-refractivity contribution in [3.05, 3.63) is 35.9 Å². The van der Waals surface area contributed by atoms with Gasteiger partial charge in [-0.05, 0) is 70.1 Å². The third-order valence-corrected chi connectivity index (χ3v) is 8.79. The van der Waals surface area contributed by atoms with Gasteiger partial charge < -0.3 is 59.0 Å². The first-order chi connectivity index (χ1) is 26.0. The van der Waals surface area contributed by atoms with Gasteiger partial charge >= 0.3 is 0 Å². The fraction of sp³-hybridized carbons (Fsp3) is 0.667. The van der Waals surface area contributed by atoms with Gasteiger partial charge in [-0.25, -0.2) is 0 Å². The number of likely N-dealkylation sites (tertiary alicyclic amines) is 1. The standard InChI is InChI=1S/C36H62N10O8/c37-15-6-4-11-28(35(51)42-23-27(39)34(40)50)45-32(48)24-43-36(52)29(12-8-16-38)44-31(47)14-19-53-21-22-54-20-17-41-33(49)25-46-18-7-5-13-30(46)26-9-2-1-3-10-26/h1-3,9-10,27-30H,4-8,11-25,37-39H2,(H2,40,50)(H,41,49)(H,42,51)(H,43,52)(H,44,47)(H,45,48)/t27-,28?,29?,30+/m0/s1. The average molecular weight is 763 g/mol. The molecule has 4 atom stereocenters. The van der Waals surface area contributed by atoms with Crippen molar-refractivity contribution in [2.75, 3.05) is 72.2 Å². The number of hydrogen-bond acceptors (Lipinski definition) is 12. The zero-order chi connectivity index (χ0) is 39.6. The molecule has 1 aromatic carbocycles. The van der Waals surface area contributed by atoms with Crippen LogP contribution in [0.1, 0.15) is 69.4 Å². The van der Waals surface area contributed by atoms with Crippen molar-refractivity contribution < 1.29 is 38.2 Å². The minimum Gasteiger partial charge on any atom is -0.379 e. The molecule has 18 nitrogen and oxygen atoms in total. The highest BCUT2D eigenvalue weighted by Gasteiger charge is 2.26. The lowest BCUT2D eigenvalue weighted by molar-refractivity contribution is -0.132. The third kappa shape index (κ3) is 19.2. The van der Waals surface area contributed by atoms with Crippen LogP contribution in [0.3, 0.4) is 0 Å². The highest BCUT2D eigenvalue weighted by atomic mass is 16.5. The summed E-state index contributed by atoms with van der Waals surface area (Å²) in [5.74, 6) is -3.03. The van der Waals surface area contributed by atoms with Crippen molar-refractivity contribution in [2.24, 2.45) is 22.9 Å². The molecule has 1 aliphatic heterocycles. The second-order valence-corrected chi connectivity index (χ2v) is 13.1. The quantitative estimate of drug-likeness (QED) is 0.0405. The number of benzene rings is 1. The Kier molecular flexibility index (Phi) is 23.3. The third-order valence-electron chi connectivity index (χ3n) is 8.79. The van der Waals surface area contributed by atoms with Gasteiger partial charge in [-0.2, -0.15) is 0 Å². The fourth-order valence-corrected chi connectivity index (χ4v) is 5.81. The van der Waals surface area contributed by atoms with Crippen molar-refractivity contribution in [3.63, 3.8) is 0 Å². The Labute approximate surface area is 317 Å². The number of amides is 6. The summed E-state index contributed by atoms with van der Waals surface area (Å²) in [6, 6.07) is 7.53. The van der Waals surface area contributed by atoms with Crippen LogP contribution in [0.15, 0.2) is 30.3 Å². The summed E-state index contributed by atoms with van der Waals surface area (Å²) >= 11 is 0. The average Bonchev–Trinajstić information content (AvgIpc) is 3.16. The first kappa shape index (κ1) is 46.0. The van der Waals surface area contributed by atoms with Gasteiger partial charge in [0.25, 0.3) is 0 Å². The number of nitrogens with one attached hydrogen (secondary N) is 5. The molecule has 54 heavy (non-hydrogen) atoms. The maximum absolute atomic E-state index is 12.9. The van der Waals surface area contributed by atoms with E-state index in [4.69, 9.17) is 32.4 Å². The maximum Gasteiger partial charge on any atom is 0.243 e. The van der Waals surface area contributed by atoms with Gasteiger partial charge in [-0.1, -0.05) is 36.8 Å². The van der Waals surface area contributed by atoms with E-state index in [0.29, 0.717) is 52.0 Å². The SMILES string of the molecule is NCCCCC(NC(=O)CNC(=O)C(CCCN)NC(=O)CCOCCOCCNC(=O)CN1CCCC[C@@H]1c1ccccc1)C(=O)NC[C@H](N)C(N)=O. The highest BCUT2D eigenvalue weighted by molar-refractivity contribution is 5.92. The molecule has 0 spiro atoms. The smallest absolute Gasteiger partial charge is 0.243 e. The van der Waals surface area contributed by atoms with Gasteiger partial charge in [-0.15, -0.1) is 0 Å². The van der Waals surface area contributed by atoms with Crippen LogP contribution in [0, 0.1) is 0 Å². The van der Waals surface area contributed by atoms with Gasteiger partial charge in [0, 0.05) is 25.6 Å². The fourth-order valence-electron chi connectivity index (χ4n) is 5.81. The van der Waals surface area contributed by atoms with E-state index in [1.165, 1.54) is 5.56 Å². The van der Waals surface area contributed by atoms with Crippen LogP contribution in [-0.4, -0.2) is 131 Å². The minimum atomic E-state index is -1.09. The summed E-state index contributed by atoms with van der Waals surface area (Å²) in [6.07, 6.45) is 5.38. The molecule has 1 heterocycles. The summed E-state index contributed by atoms with van der Waals surface area (Å²) in [6.45, 7) is 2.57. The van der Waals surface area contributed by atoms with Crippen LogP contribution in [0.25, 0.3) is 0 Å². The molecule has 0 aliphatic carbocycles. The molecule has 1 aromatic rings. The van der Waals surface area contributed by atoms with E-state index in [9.17, 15) is 28.8 Å². The molecule has 0 aromatic heterocycles. The molecule has 6 amide bonds. The normalized spacial score (nSPS) is 16.0. The Bertz CT molecular complexity index is 1290. The molecule has 2 unspecified atom stereocenters. The van der Waals surface area contributed by atoms with Crippen molar-refractivity contribution in [3.8, 4) is 0 Å². The second-order valence-electron chi connectivity index (χ2n) is 13.1. The highest BCUT2D eigenvalue weighted by Crippen LogP contribution is 2.30. The Hall–Kier alpha value is -4.20. The zero-order valence-corrected chi connectivity index (χ0v) is 31.4. The monoisotopic (exact) mass is 762 g/mol. The lowest BCUT2D eigenvalue weighted by atomic mass is 9.95. The number of nitrogens with two attached hydrogens (primary N) is 4. The number of carbonyl (C=O) groups excluding carboxylic acids is 6. The van der Waals surface area contributed by atoms with Crippen molar-refractivity contribution in [1.29, 1.82) is 0 Å². The van der Waals surface area contributed by atoms with E-state index in [1.54, 1.807) is 0 Å². The largest absolute Gasteiger partial charge is 0.379 e. The number of primary amides is 1. The van der Waals surface area contributed by atoms with E-state index < -0.39 is 54.2 Å². The Balaban J connectivity index is 1.65. The molecule has 2 rings (SSSR count). The molecule has 1 fully saturated rings. The number of unbranched alkanes of at least 4 members (excludes halogenated alkanes) is 1. The van der Waals surface area contributed by atoms with E-state index in [1.807, 2.05) is 18.2 Å². The summed E-state index contributed by atoms with van der Waals surface area (Å²) in [5.41, 5.74) is 23.1. The molecule has 18 heteroatoms. The van der Waals surface area contributed by atoms with Crippen LogP contribution in [0.4, 0.5) is 0 Å². The molecular weight excluding hydrogens is 700 g/mol. The summed E-state index contributed by atoms with van der Waals surface area (Å²) in [5, 5.41) is 13.1. The van der Waals surface area contributed by atoms with Crippen molar-refractivity contribution in [1.82, 2.24) is 31.5 Å². The van der Waals surface area contributed by atoms with Gasteiger partial charge in [0.15, 0.2) is 0 Å². The van der Waals surface area contributed by atoms with Crippen LogP contribution >= 0.6 is 0 Å². The predicted molar refractivity (Wildman–Crippen MR) is 202 cm³/mol. The molecule has 304 valence electrons. The van der Waals surface area contributed by atoms with Crippen LogP contribution in [0.5, 0.6) is 0 Å². The molecule has 13 N–H and O–H groups in total. The first-order valence-corrected chi connectivity index (χ1v) is 18.9. The topological polar surface area (TPSA) is 288 Å². The number of carbonyl (C=O) groups is 6. The Morgan fingerprint density at radius 3 is 2.09 bits per heavy atom. The molecule has 1 aliphatic rings. The first-order valence-electron chi connectivity index (χ1n) is 18.9. The van der Waals surface area contributed by atoms with Gasteiger partial charge in [-0.3, -0.25) is 33.7 Å². The predicted octanol–water partition coefficient (Wildman–Crippen LogP) is -2.36. The number of piperidine rings is 1. The van der Waals surface area contributed by atoms with E-state index in [-0.39, 0.29) is 57.6 Å². The molecule has 0 bridgehead atoms. The van der Waals surface area contributed by atoms with E-state index in [2.05, 4.69) is 43.6 Å². The number of ether oxygens (including phenoxy) is 2. The van der Waals surface area contributed by atoms with E-state index >= 15 is 0 Å². The van der Waals surface area contributed by atoms with E-state index in [0.717, 1.165) is 25.8 Å². The molecule has 1 saturated heterocycles. The Morgan fingerprint density at radius 1 is 0.759 bits per heavy atom. The van der Waals surface area contributed by atoms with Crippen LogP contribution < -0.4 is 49.5 Å². The zero-order valence-electron chi connectivity index (χ0n) is 31.4. The van der Waals surface area contributed by atoms with Crippen LogP contribution in [-0.2, 0) is 38.2 Å². The lowest BCUT2D eigenvalue weighted by Crippen LogP contribution is -2.54. The van der Waals surface area contributed by atoms with Crippen molar-refractivity contribution >= 4 is 35.4 Å². The van der Waals surface area contributed by atoms with Gasteiger partial charge in [0.05, 0.1) is 39.5 Å². The summed E-state index contributed by atoms with van der Waals surface area (Å²) in [4.78, 5) is 76.8.